The summed E-state index contributed by atoms with van der Waals surface area (Å²) in [6, 6.07) is 1.42. The van der Waals surface area contributed by atoms with Crippen LogP contribution in [0.4, 0.5) is 14.5 Å². The summed E-state index contributed by atoms with van der Waals surface area (Å²) in [4.78, 5) is 25.2. The molecule has 1 atom stereocenters. The first-order chi connectivity index (χ1) is 10.3. The lowest BCUT2D eigenvalue weighted by Crippen LogP contribution is -2.47. The molecule has 5 nitrogen and oxygen atoms in total. The fourth-order valence-corrected chi connectivity index (χ4v) is 2.32. The molecule has 1 aliphatic heterocycles. The monoisotopic (exact) mass is 311 g/mol. The van der Waals surface area contributed by atoms with Crippen LogP contribution in [0.3, 0.4) is 0 Å². The molecule has 1 aromatic rings. The lowest BCUT2D eigenvalue weighted by Gasteiger charge is -2.19. The van der Waals surface area contributed by atoms with Crippen molar-refractivity contribution in [1.82, 2.24) is 5.32 Å². The van der Waals surface area contributed by atoms with Gasteiger partial charge >= 0.3 is 0 Å². The van der Waals surface area contributed by atoms with E-state index in [0.717, 1.165) is 12.1 Å². The van der Waals surface area contributed by atoms with Crippen LogP contribution in [0, 0.1) is 17.6 Å². The summed E-state index contributed by atoms with van der Waals surface area (Å²) < 4.78 is 26.5. The Morgan fingerprint density at radius 2 is 1.95 bits per heavy atom. The molecular weight excluding hydrogens is 292 g/mol. The van der Waals surface area contributed by atoms with E-state index in [0.29, 0.717) is 24.2 Å². The number of nitrogens with one attached hydrogen (secondary N) is 1. The van der Waals surface area contributed by atoms with Crippen molar-refractivity contribution < 1.29 is 18.4 Å². The van der Waals surface area contributed by atoms with Gasteiger partial charge in [0.2, 0.25) is 11.8 Å². The highest BCUT2D eigenvalue weighted by Crippen LogP contribution is 2.30. The predicted octanol–water partition coefficient (Wildman–Crippen LogP) is 0.953. The van der Waals surface area contributed by atoms with E-state index in [1.165, 1.54) is 4.90 Å². The first-order valence-electron chi connectivity index (χ1n) is 7.13. The minimum absolute atomic E-state index is 0.0420. The van der Waals surface area contributed by atoms with E-state index in [4.69, 9.17) is 5.73 Å². The Morgan fingerprint density at radius 1 is 1.32 bits per heavy atom. The molecule has 1 aromatic carbocycles. The Kier molecular flexibility index (Phi) is 4.75. The van der Waals surface area contributed by atoms with Crippen LogP contribution in [-0.2, 0) is 16.0 Å². The van der Waals surface area contributed by atoms with Crippen molar-refractivity contribution in [3.63, 3.8) is 0 Å². The molecule has 0 aliphatic carbocycles. The van der Waals surface area contributed by atoms with Crippen LogP contribution in [0.2, 0.25) is 0 Å². The van der Waals surface area contributed by atoms with Gasteiger partial charge in [0, 0.05) is 12.6 Å². The number of hydrogen-bond donors (Lipinski definition) is 2. The fraction of sp³-hybridized carbons (Fsp3) is 0.467. The summed E-state index contributed by atoms with van der Waals surface area (Å²) in [5.41, 5.74) is 6.62. The van der Waals surface area contributed by atoms with Gasteiger partial charge in [-0.3, -0.25) is 9.59 Å². The Labute approximate surface area is 127 Å². The lowest BCUT2D eigenvalue weighted by atomic mass is 10.1. The molecular formula is C15H19F2N3O2. The minimum Gasteiger partial charge on any atom is -0.346 e. The second kappa shape index (κ2) is 6.39. The van der Waals surface area contributed by atoms with Gasteiger partial charge in [-0.1, -0.05) is 13.8 Å². The minimum atomic E-state index is -0.996. The van der Waals surface area contributed by atoms with Crippen LogP contribution in [0.5, 0.6) is 0 Å². The number of nitrogens with two attached hydrogens (primary N) is 1. The van der Waals surface area contributed by atoms with Gasteiger partial charge < -0.3 is 16.0 Å². The summed E-state index contributed by atoms with van der Waals surface area (Å²) in [6.45, 7) is 3.72. The van der Waals surface area contributed by atoms with Gasteiger partial charge in [0.05, 0.1) is 18.3 Å². The molecule has 2 amide bonds. The molecule has 0 fully saturated rings. The summed E-state index contributed by atoms with van der Waals surface area (Å²) in [6.07, 6.45) is 0.456. The first-order valence-corrected chi connectivity index (χ1v) is 7.13. The second-order valence-electron chi connectivity index (χ2n) is 5.68. The van der Waals surface area contributed by atoms with Crippen molar-refractivity contribution >= 4 is 17.5 Å². The number of halogens is 2. The maximum atomic E-state index is 13.3. The van der Waals surface area contributed by atoms with Gasteiger partial charge in [0.15, 0.2) is 11.6 Å². The molecule has 0 aromatic heterocycles. The van der Waals surface area contributed by atoms with Crippen LogP contribution < -0.4 is 16.0 Å². The van der Waals surface area contributed by atoms with Gasteiger partial charge in [-0.25, -0.2) is 8.78 Å². The third kappa shape index (κ3) is 3.24. The average Bonchev–Trinajstić information content (AvgIpc) is 2.86. The molecule has 7 heteroatoms. The predicted molar refractivity (Wildman–Crippen MR) is 78.2 cm³/mol. The molecule has 0 unspecified atom stereocenters. The third-order valence-corrected chi connectivity index (χ3v) is 3.75. The van der Waals surface area contributed by atoms with E-state index < -0.39 is 23.6 Å². The van der Waals surface area contributed by atoms with Crippen molar-refractivity contribution in [3.8, 4) is 0 Å². The van der Waals surface area contributed by atoms with Crippen LogP contribution in [-0.4, -0.2) is 30.9 Å². The van der Waals surface area contributed by atoms with E-state index in [-0.39, 0.29) is 18.4 Å². The summed E-state index contributed by atoms with van der Waals surface area (Å²) >= 11 is 0. The average molecular weight is 311 g/mol. The standard InChI is InChI=1S/C15H19F2N3O2/c1-8(2)14(18)15(22)19-7-13(21)20-4-3-9-5-10(16)11(17)6-12(9)20/h5-6,8,14H,3-4,7,18H2,1-2H3,(H,19,22)/t14-/m0/s1. The first kappa shape index (κ1) is 16.4. The van der Waals surface area contributed by atoms with Crippen molar-refractivity contribution in [3.05, 3.63) is 29.3 Å². The number of fused-ring (bicyclic) bond motifs is 1. The van der Waals surface area contributed by atoms with Crippen LogP contribution in [0.25, 0.3) is 0 Å². The van der Waals surface area contributed by atoms with E-state index in [9.17, 15) is 18.4 Å². The maximum absolute atomic E-state index is 13.3. The summed E-state index contributed by atoms with van der Waals surface area (Å²) in [7, 11) is 0. The number of rotatable bonds is 4. The van der Waals surface area contributed by atoms with Gasteiger partial charge in [-0.2, -0.15) is 0 Å². The zero-order valence-electron chi connectivity index (χ0n) is 12.5. The lowest BCUT2D eigenvalue weighted by molar-refractivity contribution is -0.126. The quantitative estimate of drug-likeness (QED) is 0.869. The highest BCUT2D eigenvalue weighted by Gasteiger charge is 2.27. The van der Waals surface area contributed by atoms with Gasteiger partial charge in [0.25, 0.3) is 0 Å². The van der Waals surface area contributed by atoms with Crippen LogP contribution in [0.15, 0.2) is 12.1 Å². The Balaban J connectivity index is 2.02. The van der Waals surface area contributed by atoms with Crippen molar-refractivity contribution in [2.75, 3.05) is 18.0 Å². The van der Waals surface area contributed by atoms with E-state index >= 15 is 0 Å². The largest absolute Gasteiger partial charge is 0.346 e. The van der Waals surface area contributed by atoms with Gasteiger partial charge in [-0.15, -0.1) is 0 Å². The van der Waals surface area contributed by atoms with Crippen molar-refractivity contribution in [2.45, 2.75) is 26.3 Å². The fourth-order valence-electron chi connectivity index (χ4n) is 2.32. The highest BCUT2D eigenvalue weighted by atomic mass is 19.2. The van der Waals surface area contributed by atoms with Crippen molar-refractivity contribution in [2.24, 2.45) is 11.7 Å². The number of benzene rings is 1. The Morgan fingerprint density at radius 3 is 2.59 bits per heavy atom. The molecule has 0 saturated heterocycles. The van der Waals surface area contributed by atoms with E-state index in [1.807, 2.05) is 0 Å². The number of carbonyl (C=O) groups excluding carboxylic acids is 2. The molecule has 0 radical (unpaired) electrons. The summed E-state index contributed by atoms with van der Waals surface area (Å²) in [5, 5.41) is 2.47. The zero-order valence-corrected chi connectivity index (χ0v) is 12.5. The molecule has 1 aliphatic rings. The Hall–Kier alpha value is -2.02. The third-order valence-electron chi connectivity index (χ3n) is 3.75. The molecule has 2 rings (SSSR count). The zero-order chi connectivity index (χ0) is 16.4. The van der Waals surface area contributed by atoms with Crippen LogP contribution >= 0.6 is 0 Å². The van der Waals surface area contributed by atoms with Crippen molar-refractivity contribution in [1.29, 1.82) is 0 Å². The number of amides is 2. The van der Waals surface area contributed by atoms with Gasteiger partial charge in [-0.05, 0) is 24.0 Å². The normalized spacial score (nSPS) is 14.9. The second-order valence-corrected chi connectivity index (χ2v) is 5.68. The Bertz CT molecular complexity index is 605. The maximum Gasteiger partial charge on any atom is 0.246 e. The topological polar surface area (TPSA) is 75.4 Å². The number of carbonyl (C=O) groups is 2. The molecule has 0 bridgehead atoms. The van der Waals surface area contributed by atoms with E-state index in [2.05, 4.69) is 5.32 Å². The van der Waals surface area contributed by atoms with Gasteiger partial charge in [0.1, 0.15) is 0 Å². The van der Waals surface area contributed by atoms with Crippen LogP contribution in [0.1, 0.15) is 19.4 Å². The molecule has 0 spiro atoms. The molecule has 0 saturated carbocycles. The summed E-state index contributed by atoms with van der Waals surface area (Å²) in [5.74, 6) is -2.75. The smallest absolute Gasteiger partial charge is 0.246 e. The molecule has 1 heterocycles. The SMILES string of the molecule is CC(C)[C@H](N)C(=O)NCC(=O)N1CCc2cc(F)c(F)cc21. The number of hydrogen-bond acceptors (Lipinski definition) is 3. The molecule has 120 valence electrons. The highest BCUT2D eigenvalue weighted by molar-refractivity contribution is 5.98. The molecule has 22 heavy (non-hydrogen) atoms. The number of nitrogens with zero attached hydrogens (tertiary/aromatic N) is 1. The van der Waals surface area contributed by atoms with E-state index in [1.54, 1.807) is 13.8 Å². The number of anilines is 1. The molecule has 3 N–H and O–H groups in total.